The van der Waals surface area contributed by atoms with E-state index in [1.165, 1.54) is 62.8 Å². The lowest BCUT2D eigenvalue weighted by Crippen LogP contribution is -2.52. The number of nitrogens with zero attached hydrogens (tertiary/aromatic N) is 6. The summed E-state index contributed by atoms with van der Waals surface area (Å²) >= 11 is 20.7. The van der Waals surface area contributed by atoms with Crippen LogP contribution in [0.3, 0.4) is 0 Å². The SMILES string of the molecule is CC(C)(C)OC(=O)N1CCN(C(=O)CBr)CC1.CC(C)(C)OC(=O)N1CCN(C(=O)COc2ccc(C(=O)O)c(Cl)c2)CC1.COC(=O)c1ccc(O)cc1Cl.COC(=O)c1ccc(OCC(=O)N2CCN(C(=O)OC(C)(C)C)CC2)cc1Cl. The van der Waals surface area contributed by atoms with Crippen LogP contribution in [0.1, 0.15) is 93.4 Å². The highest BCUT2D eigenvalue weighted by atomic mass is 79.9. The number of phenols is 1. The number of carbonyl (C=O) groups excluding carboxylic acids is 8. The molecule has 3 aliphatic heterocycles. The molecule has 3 aromatic carbocycles. The van der Waals surface area contributed by atoms with E-state index in [2.05, 4.69) is 25.4 Å². The van der Waals surface area contributed by atoms with Crippen molar-refractivity contribution in [2.45, 2.75) is 79.1 Å². The Morgan fingerprint density at radius 1 is 0.452 bits per heavy atom. The maximum Gasteiger partial charge on any atom is 0.410 e. The number of aromatic carboxylic acids is 1. The number of benzene rings is 3. The fourth-order valence-electron chi connectivity index (χ4n) is 7.35. The van der Waals surface area contributed by atoms with Crippen molar-refractivity contribution in [3.8, 4) is 17.2 Å². The minimum absolute atomic E-state index is 0.0210. The maximum atomic E-state index is 12.3. The second-order valence-corrected chi connectivity index (χ2v) is 23.3. The van der Waals surface area contributed by atoms with Crippen molar-refractivity contribution >= 4 is 105 Å². The summed E-state index contributed by atoms with van der Waals surface area (Å²) < 4.78 is 35.9. The summed E-state index contributed by atoms with van der Waals surface area (Å²) in [6.45, 7) is 21.4. The van der Waals surface area contributed by atoms with Crippen LogP contribution in [0.4, 0.5) is 14.4 Å². The van der Waals surface area contributed by atoms with E-state index in [4.69, 9.17) is 68.7 Å². The summed E-state index contributed by atoms with van der Waals surface area (Å²) in [7, 11) is 2.54. The lowest BCUT2D eigenvalue weighted by Gasteiger charge is -2.35. The van der Waals surface area contributed by atoms with Crippen molar-refractivity contribution in [3.63, 3.8) is 0 Å². The molecule has 6 rings (SSSR count). The molecule has 0 radical (unpaired) electrons. The number of hydrogen-bond acceptors (Lipinski definition) is 17. The van der Waals surface area contributed by atoms with Gasteiger partial charge in [-0.1, -0.05) is 50.7 Å². The Morgan fingerprint density at radius 2 is 0.738 bits per heavy atom. The van der Waals surface area contributed by atoms with Crippen LogP contribution in [0.2, 0.25) is 15.1 Å². The topological polar surface area (TPSA) is 278 Å². The molecule has 6 amide bonds. The molecule has 0 saturated carbocycles. The van der Waals surface area contributed by atoms with Crippen LogP contribution in [-0.4, -0.2) is 222 Å². The second-order valence-electron chi connectivity index (χ2n) is 21.5. The summed E-state index contributed by atoms with van der Waals surface area (Å²) in [6.07, 6.45) is -1.07. The third-order valence-corrected chi connectivity index (χ3v) is 13.0. The van der Waals surface area contributed by atoms with Crippen LogP contribution < -0.4 is 9.47 Å². The highest BCUT2D eigenvalue weighted by molar-refractivity contribution is 9.09. The standard InChI is InChI=1S/C19H25ClN2O6.C18H23ClN2O6.C11H19BrN2O3.C8H7ClO3/c1-19(2,3)28-18(25)22-9-7-21(8-10-22)16(23)12-27-13-5-6-14(15(20)11-13)17(24)26-4;1-18(2,3)27-17(25)21-8-6-20(7-9-21)15(22)11-26-12-4-5-13(16(23)24)14(19)10-12;1-11(2,3)17-10(16)14-6-4-13(5-7-14)9(15)8-12;1-12-8(11)6-3-2-5(10)4-7(6)9/h5-6,11H,7-10,12H2,1-4H3;4-5,10H,6-9,11H2,1-3H3,(H,23,24);4-8H2,1-3H3;2-4,10H,1H3. The Hall–Kier alpha value is -6.96. The zero-order chi connectivity index (χ0) is 63.3. The molecule has 0 atom stereocenters. The van der Waals surface area contributed by atoms with Crippen molar-refractivity contribution in [2.75, 3.05) is 111 Å². The molecule has 28 heteroatoms. The Kier molecular flexibility index (Phi) is 27.9. The van der Waals surface area contributed by atoms with Gasteiger partial charge in [0.1, 0.15) is 34.1 Å². The summed E-state index contributed by atoms with van der Waals surface area (Å²) in [6, 6.07) is 12.7. The van der Waals surface area contributed by atoms with E-state index in [0.29, 0.717) is 95.4 Å². The van der Waals surface area contributed by atoms with Crippen molar-refractivity contribution < 1.29 is 86.5 Å². The number of methoxy groups -OCH3 is 2. The molecule has 0 aromatic heterocycles. The number of halogens is 4. The van der Waals surface area contributed by atoms with E-state index in [1.807, 2.05) is 41.5 Å². The number of carbonyl (C=O) groups is 9. The Labute approximate surface area is 512 Å². The molecular formula is C56H74BrCl3N6O18. The zero-order valence-corrected chi connectivity index (χ0v) is 52.8. The molecule has 0 aliphatic carbocycles. The van der Waals surface area contributed by atoms with Gasteiger partial charge in [0.25, 0.3) is 11.8 Å². The van der Waals surface area contributed by atoms with Crippen molar-refractivity contribution in [2.24, 2.45) is 0 Å². The summed E-state index contributed by atoms with van der Waals surface area (Å²) in [5, 5.41) is 18.6. The predicted molar refractivity (Wildman–Crippen MR) is 314 cm³/mol. The lowest BCUT2D eigenvalue weighted by atomic mass is 10.2. The fraction of sp³-hybridized carbons (Fsp3) is 0.518. The molecule has 3 aliphatic rings. The van der Waals surface area contributed by atoms with Gasteiger partial charge in [0.05, 0.1) is 51.3 Å². The average Bonchev–Trinajstić information content (AvgIpc) is 3.57. The van der Waals surface area contributed by atoms with Crippen LogP contribution in [0.15, 0.2) is 54.6 Å². The molecule has 2 N–H and O–H groups in total. The third-order valence-electron chi connectivity index (χ3n) is 11.6. The first-order valence-corrected chi connectivity index (χ1v) is 28.5. The summed E-state index contributed by atoms with van der Waals surface area (Å²) in [5.74, 6) is -1.85. The van der Waals surface area contributed by atoms with Gasteiger partial charge in [-0.3, -0.25) is 14.4 Å². The first kappa shape index (κ1) is 71.3. The number of phenolic OH excluding ortho intramolecular Hbond substituents is 1. The summed E-state index contributed by atoms with van der Waals surface area (Å²) in [5.41, 5.74) is -1.15. The average molecular weight is 1310 g/mol. The van der Waals surface area contributed by atoms with Crippen molar-refractivity contribution in [1.82, 2.24) is 29.4 Å². The molecule has 0 bridgehead atoms. The number of esters is 2. The van der Waals surface area contributed by atoms with E-state index in [0.717, 1.165) is 0 Å². The first-order chi connectivity index (χ1) is 39.1. The number of ether oxygens (including phenoxy) is 7. The minimum Gasteiger partial charge on any atom is -0.508 e. The van der Waals surface area contributed by atoms with Gasteiger partial charge in [0, 0.05) is 78.5 Å². The van der Waals surface area contributed by atoms with Crippen LogP contribution in [0.5, 0.6) is 17.2 Å². The van der Waals surface area contributed by atoms with Gasteiger partial charge in [-0.15, -0.1) is 0 Å². The molecule has 464 valence electrons. The zero-order valence-electron chi connectivity index (χ0n) is 48.9. The van der Waals surface area contributed by atoms with Gasteiger partial charge in [-0.2, -0.15) is 0 Å². The van der Waals surface area contributed by atoms with Crippen LogP contribution >= 0.6 is 50.7 Å². The predicted octanol–water partition coefficient (Wildman–Crippen LogP) is 8.37. The van der Waals surface area contributed by atoms with E-state index in [1.54, 1.807) is 56.2 Å². The number of alkyl halides is 1. The highest BCUT2D eigenvalue weighted by Gasteiger charge is 2.31. The quantitative estimate of drug-likeness (QED) is 0.109. The molecule has 3 saturated heterocycles. The lowest BCUT2D eigenvalue weighted by molar-refractivity contribution is -0.135. The molecule has 3 aromatic rings. The van der Waals surface area contributed by atoms with Crippen LogP contribution in [0.25, 0.3) is 0 Å². The number of aromatic hydroxyl groups is 1. The molecule has 84 heavy (non-hydrogen) atoms. The van der Waals surface area contributed by atoms with Gasteiger partial charge < -0.3 is 72.8 Å². The molecule has 24 nitrogen and oxygen atoms in total. The third kappa shape index (κ3) is 24.7. The molecule has 0 unspecified atom stereocenters. The first-order valence-electron chi connectivity index (χ1n) is 26.2. The van der Waals surface area contributed by atoms with E-state index >= 15 is 0 Å². The Morgan fingerprint density at radius 3 is 1.01 bits per heavy atom. The molecule has 3 fully saturated rings. The number of carboxylic acids is 1. The number of piperazine rings is 3. The molecule has 0 spiro atoms. The summed E-state index contributed by atoms with van der Waals surface area (Å²) in [4.78, 5) is 115. The monoisotopic (exact) mass is 1300 g/mol. The smallest absolute Gasteiger partial charge is 0.410 e. The largest absolute Gasteiger partial charge is 0.508 e. The second kappa shape index (κ2) is 32.9. The molecule has 3 heterocycles. The minimum atomic E-state index is -1.13. The highest BCUT2D eigenvalue weighted by Crippen LogP contribution is 2.26. The maximum absolute atomic E-state index is 12.3. The van der Waals surface area contributed by atoms with E-state index in [9.17, 15) is 43.2 Å². The van der Waals surface area contributed by atoms with E-state index < -0.39 is 34.7 Å². The number of amides is 6. The number of hydrogen-bond donors (Lipinski definition) is 2. The van der Waals surface area contributed by atoms with Crippen LogP contribution in [0, 0.1) is 0 Å². The molecular weight excluding hydrogens is 1230 g/mol. The van der Waals surface area contributed by atoms with Crippen molar-refractivity contribution in [1.29, 1.82) is 0 Å². The Balaban J connectivity index is 0.000000307. The van der Waals surface area contributed by atoms with Gasteiger partial charge in [0.15, 0.2) is 13.2 Å². The van der Waals surface area contributed by atoms with Gasteiger partial charge >= 0.3 is 36.2 Å². The van der Waals surface area contributed by atoms with Gasteiger partial charge in [-0.05, 0) is 117 Å². The van der Waals surface area contributed by atoms with E-state index in [-0.39, 0.29) is 86.7 Å². The van der Waals surface area contributed by atoms with Gasteiger partial charge in [-0.25, -0.2) is 28.8 Å². The van der Waals surface area contributed by atoms with Gasteiger partial charge in [0.2, 0.25) is 5.91 Å². The van der Waals surface area contributed by atoms with Crippen LogP contribution in [-0.2, 0) is 38.1 Å². The number of carboxylic acid groups (broad SMARTS) is 1. The fourth-order valence-corrected chi connectivity index (χ4v) is 8.46. The van der Waals surface area contributed by atoms with Crippen molar-refractivity contribution in [3.05, 3.63) is 86.4 Å². The number of rotatable bonds is 10. The Bertz CT molecular complexity index is 2780. The normalized spacial score (nSPS) is 14.3.